The van der Waals surface area contributed by atoms with Gasteiger partial charge in [-0.25, -0.2) is 4.79 Å². The normalized spacial score (nSPS) is 12.8. The third-order valence-electron chi connectivity index (χ3n) is 3.07. The van der Waals surface area contributed by atoms with E-state index in [1.165, 1.54) is 0 Å². The molecule has 0 saturated carbocycles. The number of carboxylic acids is 1. The van der Waals surface area contributed by atoms with Crippen LogP contribution in [0.4, 0.5) is 0 Å². The largest absolute Gasteiger partial charge is 0.480 e. The van der Waals surface area contributed by atoms with E-state index in [2.05, 4.69) is 10.6 Å². The molecule has 0 aromatic rings. The van der Waals surface area contributed by atoms with Gasteiger partial charge in [0.25, 0.3) is 0 Å². The molecule has 0 spiro atoms. The topological polar surface area (TPSA) is 95.5 Å². The number of hydrogen-bond acceptors (Lipinski definition) is 3. The smallest absolute Gasteiger partial charge is 0.326 e. The molecular formula is C16H30N2O4. The maximum atomic E-state index is 11.8. The number of rotatable bonds is 9. The van der Waals surface area contributed by atoms with Gasteiger partial charge in [0.15, 0.2) is 0 Å². The van der Waals surface area contributed by atoms with Gasteiger partial charge in [-0.15, -0.1) is 0 Å². The van der Waals surface area contributed by atoms with Crippen LogP contribution in [-0.4, -0.2) is 35.0 Å². The van der Waals surface area contributed by atoms with Crippen molar-refractivity contribution in [1.29, 1.82) is 0 Å². The number of aliphatic carboxylic acids is 1. The Labute approximate surface area is 133 Å². The second-order valence-corrected chi connectivity index (χ2v) is 7.13. The highest BCUT2D eigenvalue weighted by atomic mass is 16.4. The van der Waals surface area contributed by atoms with Crippen LogP contribution < -0.4 is 10.6 Å². The third-order valence-corrected chi connectivity index (χ3v) is 3.07. The Hall–Kier alpha value is -1.59. The van der Waals surface area contributed by atoms with Crippen molar-refractivity contribution >= 4 is 17.8 Å². The van der Waals surface area contributed by atoms with Crippen LogP contribution in [0.3, 0.4) is 0 Å². The number of carbonyl (C=O) groups is 3. The minimum Gasteiger partial charge on any atom is -0.480 e. The van der Waals surface area contributed by atoms with Crippen molar-refractivity contribution < 1.29 is 19.5 Å². The van der Waals surface area contributed by atoms with Gasteiger partial charge < -0.3 is 15.7 Å². The summed E-state index contributed by atoms with van der Waals surface area (Å²) in [6, 6.07) is -0.786. The molecule has 0 aromatic heterocycles. The van der Waals surface area contributed by atoms with Crippen LogP contribution in [0.2, 0.25) is 0 Å². The molecule has 22 heavy (non-hydrogen) atoms. The van der Waals surface area contributed by atoms with Gasteiger partial charge in [-0.05, 0) is 38.5 Å². The molecular weight excluding hydrogens is 284 g/mol. The van der Waals surface area contributed by atoms with E-state index in [1.807, 2.05) is 34.6 Å². The van der Waals surface area contributed by atoms with Gasteiger partial charge in [0.05, 0.1) is 0 Å². The summed E-state index contributed by atoms with van der Waals surface area (Å²) in [7, 11) is 0. The van der Waals surface area contributed by atoms with Crippen LogP contribution in [0.5, 0.6) is 0 Å². The summed E-state index contributed by atoms with van der Waals surface area (Å²) < 4.78 is 0. The van der Waals surface area contributed by atoms with Crippen LogP contribution in [-0.2, 0) is 14.4 Å². The van der Waals surface area contributed by atoms with Crippen LogP contribution in [0, 0.1) is 5.41 Å². The van der Waals surface area contributed by atoms with E-state index in [0.717, 1.165) is 0 Å². The predicted octanol–water partition coefficient (Wildman–Crippen LogP) is 2.08. The first-order chi connectivity index (χ1) is 10.0. The van der Waals surface area contributed by atoms with Crippen molar-refractivity contribution in [2.45, 2.75) is 78.8 Å². The van der Waals surface area contributed by atoms with E-state index < -0.39 is 12.0 Å². The summed E-state index contributed by atoms with van der Waals surface area (Å²) in [5.41, 5.74) is 0.0212. The molecule has 0 aliphatic rings. The fourth-order valence-electron chi connectivity index (χ4n) is 1.90. The molecule has 0 radical (unpaired) electrons. The SMILES string of the molecule is CC(C)NC(=O)CCCC(=O)NC(CCC(C)(C)C)C(=O)O. The highest BCUT2D eigenvalue weighted by Crippen LogP contribution is 2.21. The molecule has 1 unspecified atom stereocenters. The quantitative estimate of drug-likeness (QED) is 0.607. The first kappa shape index (κ1) is 20.4. The molecule has 6 nitrogen and oxygen atoms in total. The van der Waals surface area contributed by atoms with Crippen LogP contribution in [0.1, 0.15) is 66.7 Å². The highest BCUT2D eigenvalue weighted by Gasteiger charge is 2.22. The monoisotopic (exact) mass is 314 g/mol. The molecule has 0 aromatic carbocycles. The average molecular weight is 314 g/mol. The maximum Gasteiger partial charge on any atom is 0.326 e. The van der Waals surface area contributed by atoms with Crippen molar-refractivity contribution in [2.75, 3.05) is 0 Å². The first-order valence-corrected chi connectivity index (χ1v) is 7.83. The van der Waals surface area contributed by atoms with E-state index in [1.54, 1.807) is 0 Å². The van der Waals surface area contributed by atoms with Crippen molar-refractivity contribution in [2.24, 2.45) is 5.41 Å². The van der Waals surface area contributed by atoms with Gasteiger partial charge >= 0.3 is 5.97 Å². The molecule has 3 N–H and O–H groups in total. The third kappa shape index (κ3) is 11.1. The summed E-state index contributed by atoms with van der Waals surface area (Å²) in [5.74, 6) is -1.43. The molecule has 0 saturated heterocycles. The fourth-order valence-corrected chi connectivity index (χ4v) is 1.90. The summed E-state index contributed by atoms with van der Waals surface area (Å²) in [6.07, 6.45) is 1.95. The number of carbonyl (C=O) groups excluding carboxylic acids is 2. The van der Waals surface area contributed by atoms with E-state index in [0.29, 0.717) is 19.3 Å². The van der Waals surface area contributed by atoms with Gasteiger partial charge in [-0.3, -0.25) is 9.59 Å². The van der Waals surface area contributed by atoms with Gasteiger partial charge in [0.2, 0.25) is 11.8 Å². The Morgan fingerprint density at radius 2 is 1.50 bits per heavy atom. The van der Waals surface area contributed by atoms with E-state index in [-0.39, 0.29) is 36.1 Å². The molecule has 2 amide bonds. The number of amides is 2. The Morgan fingerprint density at radius 1 is 1.00 bits per heavy atom. The summed E-state index contributed by atoms with van der Waals surface area (Å²) in [4.78, 5) is 34.4. The van der Waals surface area contributed by atoms with Gasteiger partial charge in [0.1, 0.15) is 6.04 Å². The molecule has 6 heteroatoms. The molecule has 128 valence electrons. The summed E-state index contributed by atoms with van der Waals surface area (Å²) >= 11 is 0. The van der Waals surface area contributed by atoms with Crippen molar-refractivity contribution in [1.82, 2.24) is 10.6 Å². The minimum absolute atomic E-state index is 0.0212. The molecule has 0 rings (SSSR count). The lowest BCUT2D eigenvalue weighted by Gasteiger charge is -2.21. The van der Waals surface area contributed by atoms with Crippen LogP contribution >= 0.6 is 0 Å². The maximum absolute atomic E-state index is 11.8. The zero-order chi connectivity index (χ0) is 17.3. The second kappa shape index (κ2) is 9.43. The summed E-state index contributed by atoms with van der Waals surface area (Å²) in [6.45, 7) is 9.83. The standard InChI is InChI=1S/C16H30N2O4/c1-11(2)17-13(19)7-6-8-14(20)18-12(15(21)22)9-10-16(3,4)5/h11-12H,6-10H2,1-5H3,(H,17,19)(H,18,20)(H,21,22). The zero-order valence-electron chi connectivity index (χ0n) is 14.4. The molecule has 0 aliphatic heterocycles. The number of nitrogens with one attached hydrogen (secondary N) is 2. The van der Waals surface area contributed by atoms with E-state index >= 15 is 0 Å². The second-order valence-electron chi connectivity index (χ2n) is 7.13. The van der Waals surface area contributed by atoms with Crippen LogP contribution in [0.15, 0.2) is 0 Å². The first-order valence-electron chi connectivity index (χ1n) is 7.83. The van der Waals surface area contributed by atoms with E-state index in [9.17, 15) is 14.4 Å². The van der Waals surface area contributed by atoms with Crippen molar-refractivity contribution in [3.63, 3.8) is 0 Å². The van der Waals surface area contributed by atoms with Crippen LogP contribution in [0.25, 0.3) is 0 Å². The summed E-state index contributed by atoms with van der Waals surface area (Å²) in [5, 5.41) is 14.4. The number of hydrogen-bond donors (Lipinski definition) is 3. The minimum atomic E-state index is -1.02. The van der Waals surface area contributed by atoms with Crippen molar-refractivity contribution in [3.05, 3.63) is 0 Å². The average Bonchev–Trinajstić information content (AvgIpc) is 2.31. The highest BCUT2D eigenvalue weighted by molar-refractivity contribution is 5.84. The Balaban J connectivity index is 4.14. The number of carboxylic acid groups (broad SMARTS) is 1. The van der Waals surface area contributed by atoms with Gasteiger partial charge in [-0.1, -0.05) is 20.8 Å². The lowest BCUT2D eigenvalue weighted by molar-refractivity contribution is -0.142. The van der Waals surface area contributed by atoms with E-state index in [4.69, 9.17) is 5.11 Å². The molecule has 0 heterocycles. The van der Waals surface area contributed by atoms with Crippen molar-refractivity contribution in [3.8, 4) is 0 Å². The fraction of sp³-hybridized carbons (Fsp3) is 0.812. The molecule has 0 fully saturated rings. The molecule has 0 bridgehead atoms. The predicted molar refractivity (Wildman–Crippen MR) is 85.4 cm³/mol. The van der Waals surface area contributed by atoms with Gasteiger partial charge in [0, 0.05) is 18.9 Å². The lowest BCUT2D eigenvalue weighted by Crippen LogP contribution is -2.41. The Morgan fingerprint density at radius 3 is 1.91 bits per heavy atom. The molecule has 0 aliphatic carbocycles. The Bertz CT molecular complexity index is 386. The molecule has 1 atom stereocenters. The van der Waals surface area contributed by atoms with Gasteiger partial charge in [-0.2, -0.15) is 0 Å². The Kier molecular flexibility index (Phi) is 8.75. The zero-order valence-corrected chi connectivity index (χ0v) is 14.4. The lowest BCUT2D eigenvalue weighted by atomic mass is 9.88.